The Labute approximate surface area is 165 Å². The highest BCUT2D eigenvalue weighted by molar-refractivity contribution is 5.98. The van der Waals surface area contributed by atoms with Crippen LogP contribution in [0.2, 0.25) is 0 Å². The molecule has 0 atom stereocenters. The molecule has 4 rings (SSSR count). The Morgan fingerprint density at radius 1 is 1.28 bits per heavy atom. The molecule has 0 spiro atoms. The fourth-order valence-electron chi connectivity index (χ4n) is 3.05. The van der Waals surface area contributed by atoms with Gasteiger partial charge < -0.3 is 20.5 Å². The molecule has 0 radical (unpaired) electrons. The Kier molecular flexibility index (Phi) is 4.75. The number of carboxylic acid groups (broad SMARTS) is 1. The van der Waals surface area contributed by atoms with E-state index in [1.165, 1.54) is 19.4 Å². The molecule has 3 N–H and O–H groups in total. The molecule has 10 heteroatoms. The lowest BCUT2D eigenvalue weighted by atomic mass is 10.2. The molecular weight excluding hydrogens is 376 g/mol. The molecule has 3 heterocycles. The highest BCUT2D eigenvalue weighted by Crippen LogP contribution is 2.33. The molecule has 0 aliphatic heterocycles. The first-order chi connectivity index (χ1) is 14.0. The number of amides is 1. The van der Waals surface area contributed by atoms with Gasteiger partial charge in [0.1, 0.15) is 22.9 Å². The summed E-state index contributed by atoms with van der Waals surface area (Å²) in [6.45, 7) is 1.95. The summed E-state index contributed by atoms with van der Waals surface area (Å²) in [5.41, 5.74) is 1.40. The Morgan fingerprint density at radius 3 is 2.72 bits per heavy atom. The van der Waals surface area contributed by atoms with E-state index in [2.05, 4.69) is 25.8 Å². The molecule has 0 saturated heterocycles. The Morgan fingerprint density at radius 2 is 2.07 bits per heavy atom. The Balaban J connectivity index is 1.74. The third kappa shape index (κ3) is 3.56. The van der Waals surface area contributed by atoms with E-state index in [0.29, 0.717) is 29.5 Å². The number of methoxy groups -OCH3 is 1. The van der Waals surface area contributed by atoms with Crippen molar-refractivity contribution in [2.45, 2.75) is 26.2 Å². The van der Waals surface area contributed by atoms with E-state index in [1.807, 2.05) is 6.92 Å². The number of aryl methyl sites for hydroxylation is 1. The summed E-state index contributed by atoms with van der Waals surface area (Å²) in [6.07, 6.45) is 3.59. The molecule has 150 valence electrons. The molecule has 10 nitrogen and oxygen atoms in total. The molecule has 0 aromatic carbocycles. The van der Waals surface area contributed by atoms with Crippen molar-refractivity contribution >= 4 is 34.7 Å². The maximum absolute atomic E-state index is 12.0. The molecule has 1 fully saturated rings. The van der Waals surface area contributed by atoms with Crippen LogP contribution < -0.4 is 15.4 Å². The minimum Gasteiger partial charge on any atom is -0.480 e. The van der Waals surface area contributed by atoms with Crippen molar-refractivity contribution in [1.29, 1.82) is 0 Å². The second-order valence-corrected chi connectivity index (χ2v) is 6.73. The van der Waals surface area contributed by atoms with Crippen LogP contribution in [0.3, 0.4) is 0 Å². The van der Waals surface area contributed by atoms with Crippen LogP contribution in [0.15, 0.2) is 24.4 Å². The van der Waals surface area contributed by atoms with Gasteiger partial charge in [0.25, 0.3) is 0 Å². The number of aromatic carboxylic acids is 1. The average Bonchev–Trinajstić information content (AvgIpc) is 3.48. The molecule has 1 amide bonds. The summed E-state index contributed by atoms with van der Waals surface area (Å²) in [7, 11) is 1.52. The van der Waals surface area contributed by atoms with Crippen molar-refractivity contribution in [3.8, 4) is 5.88 Å². The van der Waals surface area contributed by atoms with E-state index in [1.54, 1.807) is 16.5 Å². The summed E-state index contributed by atoms with van der Waals surface area (Å²) in [5.74, 6) is 0.206. The number of rotatable bonds is 7. The van der Waals surface area contributed by atoms with Crippen LogP contribution in [0.4, 0.5) is 17.2 Å². The Hall–Kier alpha value is -3.69. The molecule has 1 aliphatic carbocycles. The van der Waals surface area contributed by atoms with Crippen LogP contribution in [-0.2, 0) is 11.2 Å². The SMILES string of the molecule is CCc1nnc2ccc(Nc3cc(NC(=O)C4CC4)ncc3C(=O)O)c(OC)n12. The van der Waals surface area contributed by atoms with Gasteiger partial charge in [-0.15, -0.1) is 10.2 Å². The van der Waals surface area contributed by atoms with Crippen LogP contribution in [0.5, 0.6) is 5.88 Å². The number of nitrogens with zero attached hydrogens (tertiary/aromatic N) is 4. The van der Waals surface area contributed by atoms with Gasteiger partial charge in [-0.25, -0.2) is 14.2 Å². The number of carbonyl (C=O) groups is 2. The van der Waals surface area contributed by atoms with Crippen molar-refractivity contribution in [3.05, 3.63) is 35.8 Å². The van der Waals surface area contributed by atoms with Gasteiger partial charge in [-0.3, -0.25) is 4.79 Å². The normalized spacial score (nSPS) is 13.3. The van der Waals surface area contributed by atoms with Gasteiger partial charge in [-0.05, 0) is 25.0 Å². The number of hydrogen-bond acceptors (Lipinski definition) is 7. The molecule has 1 aliphatic rings. The van der Waals surface area contributed by atoms with Gasteiger partial charge in [0.05, 0.1) is 12.8 Å². The fourth-order valence-corrected chi connectivity index (χ4v) is 3.05. The van der Waals surface area contributed by atoms with Gasteiger partial charge in [0.2, 0.25) is 11.8 Å². The predicted octanol–water partition coefficient (Wildman–Crippen LogP) is 2.49. The third-order valence-electron chi connectivity index (χ3n) is 4.70. The van der Waals surface area contributed by atoms with E-state index in [9.17, 15) is 14.7 Å². The standard InChI is InChI=1S/C19H20N6O4/c1-3-15-23-24-16-7-6-12(18(29-2)25(15)16)21-13-8-14(20-9-11(13)19(27)28)22-17(26)10-4-5-10/h6-10H,3-5H2,1-2H3,(H,27,28)(H2,20,21,22,26). The topological polar surface area (TPSA) is 131 Å². The monoisotopic (exact) mass is 396 g/mol. The molecule has 3 aromatic heterocycles. The van der Waals surface area contributed by atoms with Crippen molar-refractivity contribution in [2.75, 3.05) is 17.7 Å². The van der Waals surface area contributed by atoms with Crippen LogP contribution >= 0.6 is 0 Å². The number of fused-ring (bicyclic) bond motifs is 1. The largest absolute Gasteiger partial charge is 0.480 e. The molecule has 1 saturated carbocycles. The molecule has 29 heavy (non-hydrogen) atoms. The van der Waals surface area contributed by atoms with Crippen molar-refractivity contribution in [1.82, 2.24) is 19.6 Å². The van der Waals surface area contributed by atoms with E-state index in [0.717, 1.165) is 12.8 Å². The van der Waals surface area contributed by atoms with Gasteiger partial charge >= 0.3 is 5.97 Å². The fraction of sp³-hybridized carbons (Fsp3) is 0.316. The van der Waals surface area contributed by atoms with E-state index < -0.39 is 5.97 Å². The number of anilines is 3. The van der Waals surface area contributed by atoms with Crippen LogP contribution in [0, 0.1) is 5.92 Å². The minimum atomic E-state index is -1.14. The van der Waals surface area contributed by atoms with Crippen LogP contribution in [-0.4, -0.2) is 43.7 Å². The summed E-state index contributed by atoms with van der Waals surface area (Å²) in [5, 5.41) is 23.6. The zero-order valence-corrected chi connectivity index (χ0v) is 16.0. The second-order valence-electron chi connectivity index (χ2n) is 6.73. The van der Waals surface area contributed by atoms with Crippen LogP contribution in [0.25, 0.3) is 5.65 Å². The lowest BCUT2D eigenvalue weighted by Gasteiger charge is -2.15. The highest BCUT2D eigenvalue weighted by atomic mass is 16.5. The second kappa shape index (κ2) is 7.38. The minimum absolute atomic E-state index is 0.0102. The smallest absolute Gasteiger partial charge is 0.339 e. The number of carboxylic acids is 1. The first kappa shape index (κ1) is 18.7. The quantitative estimate of drug-likeness (QED) is 0.555. The molecule has 0 unspecified atom stereocenters. The zero-order chi connectivity index (χ0) is 20.5. The predicted molar refractivity (Wildman–Crippen MR) is 105 cm³/mol. The first-order valence-electron chi connectivity index (χ1n) is 9.24. The Bertz CT molecular complexity index is 1110. The number of ether oxygens (including phenoxy) is 1. The van der Waals surface area contributed by atoms with Crippen molar-refractivity contribution < 1.29 is 19.4 Å². The number of nitrogens with one attached hydrogen (secondary N) is 2. The van der Waals surface area contributed by atoms with Gasteiger partial charge in [0.15, 0.2) is 5.65 Å². The van der Waals surface area contributed by atoms with E-state index in [-0.39, 0.29) is 28.9 Å². The molecule has 0 bridgehead atoms. The van der Waals surface area contributed by atoms with Crippen molar-refractivity contribution in [3.63, 3.8) is 0 Å². The molecular formula is C19H20N6O4. The number of hydrogen-bond donors (Lipinski definition) is 3. The van der Waals surface area contributed by atoms with Gasteiger partial charge in [-0.1, -0.05) is 6.92 Å². The summed E-state index contributed by atoms with van der Waals surface area (Å²) < 4.78 is 7.32. The number of pyridine rings is 2. The van der Waals surface area contributed by atoms with Gasteiger partial charge in [-0.2, -0.15) is 0 Å². The first-order valence-corrected chi connectivity index (χ1v) is 9.24. The summed E-state index contributed by atoms with van der Waals surface area (Å²) >= 11 is 0. The number of carbonyl (C=O) groups excluding carboxylic acids is 1. The molecule has 3 aromatic rings. The maximum Gasteiger partial charge on any atom is 0.339 e. The summed E-state index contributed by atoms with van der Waals surface area (Å²) in [4.78, 5) is 27.7. The third-order valence-corrected chi connectivity index (χ3v) is 4.70. The van der Waals surface area contributed by atoms with E-state index >= 15 is 0 Å². The number of aromatic nitrogens is 4. The lowest BCUT2D eigenvalue weighted by Crippen LogP contribution is -2.15. The van der Waals surface area contributed by atoms with E-state index in [4.69, 9.17) is 4.74 Å². The lowest BCUT2D eigenvalue weighted by molar-refractivity contribution is -0.117. The van der Waals surface area contributed by atoms with Crippen LogP contribution in [0.1, 0.15) is 35.9 Å². The highest BCUT2D eigenvalue weighted by Gasteiger charge is 2.30. The maximum atomic E-state index is 12.0. The summed E-state index contributed by atoms with van der Waals surface area (Å²) in [6, 6.07) is 4.99. The average molecular weight is 396 g/mol. The van der Waals surface area contributed by atoms with Crippen molar-refractivity contribution in [2.24, 2.45) is 5.92 Å². The van der Waals surface area contributed by atoms with Gasteiger partial charge in [0, 0.05) is 24.6 Å². The zero-order valence-electron chi connectivity index (χ0n) is 16.0.